The summed E-state index contributed by atoms with van der Waals surface area (Å²) >= 11 is 0. The molecule has 0 unspecified atom stereocenters. The summed E-state index contributed by atoms with van der Waals surface area (Å²) in [5.41, 5.74) is 3.02. The number of methoxy groups -OCH3 is 1. The van der Waals surface area contributed by atoms with Crippen molar-refractivity contribution in [1.29, 1.82) is 0 Å². The largest absolute Gasteiger partial charge is 0.383 e. The van der Waals surface area contributed by atoms with Gasteiger partial charge in [-0.25, -0.2) is 14.6 Å². The number of hydrazine groups is 1. The first-order valence-electron chi connectivity index (χ1n) is 5.10. The Morgan fingerprint density at radius 3 is 2.76 bits per heavy atom. The number of aliphatic imine (C=N–C) groups is 1. The molecule has 0 aliphatic carbocycles. The quantitative estimate of drug-likeness (QED) is 0.267. The second kappa shape index (κ2) is 6.93. The molecule has 3 N–H and O–H groups in total. The molecule has 0 radical (unpaired) electrons. The summed E-state index contributed by atoms with van der Waals surface area (Å²) in [6.45, 7) is 0.933. The molecule has 0 saturated heterocycles. The van der Waals surface area contributed by atoms with E-state index in [2.05, 4.69) is 10.4 Å². The Balaban J connectivity index is 2.67. The predicted molar refractivity (Wildman–Crippen MR) is 61.6 cm³/mol. The highest BCUT2D eigenvalue weighted by atomic mass is 19.2. The van der Waals surface area contributed by atoms with Crippen molar-refractivity contribution in [3.05, 3.63) is 35.4 Å². The maximum atomic E-state index is 13.0. The van der Waals surface area contributed by atoms with Crippen LogP contribution in [0.2, 0.25) is 0 Å². The van der Waals surface area contributed by atoms with Gasteiger partial charge in [-0.05, 0) is 17.7 Å². The summed E-state index contributed by atoms with van der Waals surface area (Å²) in [5.74, 6) is 4.03. The van der Waals surface area contributed by atoms with Crippen molar-refractivity contribution in [3.63, 3.8) is 0 Å². The summed E-state index contributed by atoms with van der Waals surface area (Å²) in [6, 6.07) is 3.69. The molecule has 0 spiro atoms. The third-order valence-corrected chi connectivity index (χ3v) is 2.12. The van der Waals surface area contributed by atoms with Crippen LogP contribution in [-0.2, 0) is 11.2 Å². The highest BCUT2D eigenvalue weighted by Crippen LogP contribution is 2.09. The Bertz CT molecular complexity index is 396. The van der Waals surface area contributed by atoms with Crippen molar-refractivity contribution in [2.75, 3.05) is 20.3 Å². The molecule has 4 nitrogen and oxygen atoms in total. The van der Waals surface area contributed by atoms with E-state index in [0.717, 1.165) is 12.1 Å². The highest BCUT2D eigenvalue weighted by Gasteiger charge is 2.05. The number of benzene rings is 1. The maximum absolute atomic E-state index is 13.0. The van der Waals surface area contributed by atoms with E-state index in [-0.39, 0.29) is 0 Å². The molecule has 94 valence electrons. The minimum absolute atomic E-state index is 0.317. The van der Waals surface area contributed by atoms with Crippen LogP contribution in [0.4, 0.5) is 8.78 Å². The van der Waals surface area contributed by atoms with Crippen LogP contribution in [0.5, 0.6) is 0 Å². The Labute approximate surface area is 98.5 Å². The predicted octanol–water partition coefficient (Wildman–Crippen LogP) is 1.02. The van der Waals surface area contributed by atoms with Crippen LogP contribution in [0, 0.1) is 11.6 Å². The fourth-order valence-electron chi connectivity index (χ4n) is 1.27. The Hall–Kier alpha value is -1.53. The van der Waals surface area contributed by atoms with Gasteiger partial charge in [-0.3, -0.25) is 4.99 Å². The van der Waals surface area contributed by atoms with E-state index in [1.54, 1.807) is 7.11 Å². The number of hydrogen-bond donors (Lipinski definition) is 2. The Morgan fingerprint density at radius 2 is 2.18 bits per heavy atom. The smallest absolute Gasteiger partial charge is 0.159 e. The number of nitrogens with one attached hydrogen (secondary N) is 1. The lowest BCUT2D eigenvalue weighted by atomic mass is 10.1. The molecular weight excluding hydrogens is 228 g/mol. The lowest BCUT2D eigenvalue weighted by molar-refractivity contribution is 0.208. The third kappa shape index (κ3) is 4.46. The van der Waals surface area contributed by atoms with Gasteiger partial charge in [0.1, 0.15) is 5.84 Å². The average Bonchev–Trinajstić information content (AvgIpc) is 2.32. The van der Waals surface area contributed by atoms with Crippen molar-refractivity contribution in [2.24, 2.45) is 10.8 Å². The van der Waals surface area contributed by atoms with Crippen LogP contribution in [0.15, 0.2) is 23.2 Å². The minimum atomic E-state index is -0.879. The number of rotatable bonds is 5. The maximum Gasteiger partial charge on any atom is 0.159 e. The molecule has 0 atom stereocenters. The zero-order chi connectivity index (χ0) is 12.7. The standard InChI is InChI=1S/C11H15F2N3O/c1-17-5-4-15-11(16-14)7-8-2-3-9(12)10(13)6-8/h2-3,6H,4-5,7,14H2,1H3,(H,15,16). The normalized spacial score (nSPS) is 11.6. The molecule has 0 saturated carbocycles. The van der Waals surface area contributed by atoms with Crippen LogP contribution in [0.25, 0.3) is 0 Å². The lowest BCUT2D eigenvalue weighted by Crippen LogP contribution is -2.32. The van der Waals surface area contributed by atoms with Gasteiger partial charge in [0.2, 0.25) is 0 Å². The van der Waals surface area contributed by atoms with Crippen molar-refractivity contribution in [1.82, 2.24) is 5.43 Å². The third-order valence-electron chi connectivity index (χ3n) is 2.12. The molecule has 0 aromatic heterocycles. The topological polar surface area (TPSA) is 59.6 Å². The molecule has 0 fully saturated rings. The van der Waals surface area contributed by atoms with Crippen molar-refractivity contribution in [2.45, 2.75) is 6.42 Å². The summed E-state index contributed by atoms with van der Waals surface area (Å²) in [5, 5.41) is 0. The van der Waals surface area contributed by atoms with Gasteiger partial charge in [0.25, 0.3) is 0 Å². The van der Waals surface area contributed by atoms with E-state index in [9.17, 15) is 8.78 Å². The average molecular weight is 243 g/mol. The Kier molecular flexibility index (Phi) is 5.51. The first-order chi connectivity index (χ1) is 8.17. The van der Waals surface area contributed by atoms with Crippen molar-refractivity contribution >= 4 is 5.84 Å². The fourth-order valence-corrected chi connectivity index (χ4v) is 1.27. The van der Waals surface area contributed by atoms with Crippen LogP contribution in [0.3, 0.4) is 0 Å². The Morgan fingerprint density at radius 1 is 1.41 bits per heavy atom. The zero-order valence-electron chi connectivity index (χ0n) is 9.54. The molecule has 0 aliphatic rings. The second-order valence-electron chi connectivity index (χ2n) is 3.39. The van der Waals surface area contributed by atoms with Crippen LogP contribution < -0.4 is 11.3 Å². The van der Waals surface area contributed by atoms with Gasteiger partial charge >= 0.3 is 0 Å². The SMILES string of the molecule is COCCN=C(Cc1ccc(F)c(F)c1)NN. The van der Waals surface area contributed by atoms with E-state index >= 15 is 0 Å². The molecule has 0 amide bonds. The molecule has 1 rings (SSSR count). The van der Waals surface area contributed by atoms with Crippen LogP contribution in [0.1, 0.15) is 5.56 Å². The molecule has 17 heavy (non-hydrogen) atoms. The number of amidine groups is 1. The molecule has 0 aliphatic heterocycles. The van der Waals surface area contributed by atoms with Gasteiger partial charge in [-0.2, -0.15) is 0 Å². The fraction of sp³-hybridized carbons (Fsp3) is 0.364. The van der Waals surface area contributed by atoms with E-state index < -0.39 is 11.6 Å². The number of ether oxygens (including phenoxy) is 1. The van der Waals surface area contributed by atoms with Crippen molar-refractivity contribution < 1.29 is 13.5 Å². The summed E-state index contributed by atoms with van der Waals surface area (Å²) < 4.78 is 30.5. The highest BCUT2D eigenvalue weighted by molar-refractivity contribution is 5.83. The number of nitrogens with zero attached hydrogens (tertiary/aromatic N) is 1. The molecule has 1 aromatic rings. The summed E-state index contributed by atoms with van der Waals surface area (Å²) in [6.07, 6.45) is 0.317. The monoisotopic (exact) mass is 243 g/mol. The second-order valence-corrected chi connectivity index (χ2v) is 3.39. The summed E-state index contributed by atoms with van der Waals surface area (Å²) in [7, 11) is 1.57. The van der Waals surface area contributed by atoms with Crippen LogP contribution in [-0.4, -0.2) is 26.1 Å². The van der Waals surface area contributed by atoms with E-state index in [1.165, 1.54) is 6.07 Å². The first kappa shape index (κ1) is 13.5. The van der Waals surface area contributed by atoms with E-state index in [4.69, 9.17) is 10.6 Å². The van der Waals surface area contributed by atoms with E-state index in [0.29, 0.717) is 31.0 Å². The first-order valence-corrected chi connectivity index (χ1v) is 5.10. The number of nitrogens with two attached hydrogens (primary N) is 1. The molecule has 1 aromatic carbocycles. The summed E-state index contributed by atoms with van der Waals surface area (Å²) in [4.78, 5) is 4.12. The zero-order valence-corrected chi connectivity index (χ0v) is 9.54. The minimum Gasteiger partial charge on any atom is -0.383 e. The lowest BCUT2D eigenvalue weighted by Gasteiger charge is -2.06. The van der Waals surface area contributed by atoms with Gasteiger partial charge in [-0.15, -0.1) is 0 Å². The van der Waals surface area contributed by atoms with E-state index in [1.807, 2.05) is 0 Å². The van der Waals surface area contributed by atoms with Crippen LogP contribution >= 0.6 is 0 Å². The molecule has 6 heteroatoms. The van der Waals surface area contributed by atoms with Gasteiger partial charge < -0.3 is 10.2 Å². The van der Waals surface area contributed by atoms with Gasteiger partial charge in [0.15, 0.2) is 11.6 Å². The number of hydrogen-bond acceptors (Lipinski definition) is 3. The molecular formula is C11H15F2N3O. The number of halogens is 2. The van der Waals surface area contributed by atoms with Gasteiger partial charge in [0, 0.05) is 13.5 Å². The molecule has 0 bridgehead atoms. The molecule has 0 heterocycles. The van der Waals surface area contributed by atoms with Gasteiger partial charge in [0.05, 0.1) is 13.2 Å². The van der Waals surface area contributed by atoms with Gasteiger partial charge in [-0.1, -0.05) is 6.07 Å². The van der Waals surface area contributed by atoms with Crippen molar-refractivity contribution in [3.8, 4) is 0 Å².